The highest BCUT2D eigenvalue weighted by Crippen LogP contribution is 2.28. The van der Waals surface area contributed by atoms with Crippen LogP contribution in [0.5, 0.6) is 0 Å². The van der Waals surface area contributed by atoms with Gasteiger partial charge in [-0.05, 0) is 38.4 Å². The lowest BCUT2D eigenvalue weighted by Gasteiger charge is -2.37. The Hall–Kier alpha value is -3.09. The van der Waals surface area contributed by atoms with Gasteiger partial charge >= 0.3 is 11.8 Å². The fourth-order valence-electron chi connectivity index (χ4n) is 4.61. The number of amides is 4. The lowest BCUT2D eigenvalue weighted by Crippen LogP contribution is -2.57. The maximum atomic E-state index is 13.2. The van der Waals surface area contributed by atoms with Crippen molar-refractivity contribution in [3.05, 3.63) is 39.1 Å². The quantitative estimate of drug-likeness (QED) is 0.379. The molecule has 4 rings (SSSR count). The molecule has 0 radical (unpaired) electrons. The van der Waals surface area contributed by atoms with E-state index in [2.05, 4.69) is 30.8 Å². The molecule has 0 bridgehead atoms. The van der Waals surface area contributed by atoms with Gasteiger partial charge in [-0.25, -0.2) is 9.97 Å². The number of nitrogens with zero attached hydrogens (tertiary/aromatic N) is 4. The van der Waals surface area contributed by atoms with E-state index in [9.17, 15) is 19.2 Å². The molecule has 1 saturated carbocycles. The highest BCUT2D eigenvalue weighted by Gasteiger charge is 2.37. The minimum absolute atomic E-state index is 0.0373. The molecule has 0 aromatic carbocycles. The van der Waals surface area contributed by atoms with E-state index in [-0.39, 0.29) is 22.9 Å². The molecule has 2 aromatic rings. The van der Waals surface area contributed by atoms with Gasteiger partial charge < -0.3 is 25.8 Å². The summed E-state index contributed by atoms with van der Waals surface area (Å²) in [5.74, 6) is -2.40. The van der Waals surface area contributed by atoms with E-state index < -0.39 is 23.9 Å². The highest BCUT2D eigenvalue weighted by molar-refractivity contribution is 7.13. The molecule has 1 fully saturated rings. The predicted octanol–water partition coefficient (Wildman–Crippen LogP) is 1.29. The van der Waals surface area contributed by atoms with Gasteiger partial charge in [0.15, 0.2) is 5.01 Å². The summed E-state index contributed by atoms with van der Waals surface area (Å²) in [4.78, 5) is 64.2. The Balaban J connectivity index is 1.45. The normalized spacial score (nSPS) is 21.5. The van der Waals surface area contributed by atoms with Gasteiger partial charge in [0.25, 0.3) is 5.91 Å². The van der Waals surface area contributed by atoms with E-state index in [1.165, 1.54) is 34.6 Å². The second kappa shape index (κ2) is 11.5. The first kappa shape index (κ1) is 27.0. The van der Waals surface area contributed by atoms with Crippen LogP contribution in [0.15, 0.2) is 18.3 Å². The van der Waals surface area contributed by atoms with Crippen LogP contribution < -0.4 is 16.0 Å². The Labute approximate surface area is 224 Å². The number of aromatic nitrogens is 2. The average molecular weight is 548 g/mol. The van der Waals surface area contributed by atoms with E-state index in [1.807, 2.05) is 7.05 Å². The molecule has 13 heteroatoms. The third-order valence-electron chi connectivity index (χ3n) is 6.58. The third-order valence-corrected chi connectivity index (χ3v) is 7.89. The molecular weight excluding hydrogens is 518 g/mol. The number of fused-ring (bicyclic) bond motifs is 1. The molecule has 2 aromatic heterocycles. The van der Waals surface area contributed by atoms with Crippen molar-refractivity contribution in [2.75, 3.05) is 33.0 Å². The van der Waals surface area contributed by atoms with Gasteiger partial charge in [-0.1, -0.05) is 11.6 Å². The second-order valence-corrected chi connectivity index (χ2v) is 11.1. The number of pyridine rings is 1. The smallest absolute Gasteiger partial charge is 0.313 e. The number of anilines is 1. The van der Waals surface area contributed by atoms with Crippen LogP contribution in [0.3, 0.4) is 0 Å². The van der Waals surface area contributed by atoms with Crippen LogP contribution in [0.2, 0.25) is 5.15 Å². The van der Waals surface area contributed by atoms with Crippen LogP contribution in [-0.4, -0.2) is 83.2 Å². The fraction of sp³-hybridized carbons (Fsp3) is 0.500. The summed E-state index contributed by atoms with van der Waals surface area (Å²) in [5, 5.41) is 8.83. The number of likely N-dealkylation sites (N-methyl/N-ethyl adjacent to an activating group) is 1. The maximum absolute atomic E-state index is 13.2. The molecule has 2 aliphatic rings. The Morgan fingerprint density at radius 1 is 1.11 bits per heavy atom. The summed E-state index contributed by atoms with van der Waals surface area (Å²) in [6, 6.07) is 1.95. The molecule has 1 aliphatic carbocycles. The molecule has 3 N–H and O–H groups in total. The number of thiazole rings is 1. The Morgan fingerprint density at radius 2 is 1.89 bits per heavy atom. The van der Waals surface area contributed by atoms with Crippen molar-refractivity contribution in [3.8, 4) is 0 Å². The van der Waals surface area contributed by atoms with Crippen molar-refractivity contribution < 1.29 is 19.2 Å². The van der Waals surface area contributed by atoms with Crippen LogP contribution in [0.1, 0.15) is 39.6 Å². The summed E-state index contributed by atoms with van der Waals surface area (Å²) in [6.07, 6.45) is 3.42. The molecule has 198 valence electrons. The summed E-state index contributed by atoms with van der Waals surface area (Å²) < 4.78 is 0. The van der Waals surface area contributed by atoms with Gasteiger partial charge in [0, 0.05) is 50.4 Å². The number of hydrogen-bond acceptors (Lipinski definition) is 8. The van der Waals surface area contributed by atoms with Gasteiger partial charge in [0.05, 0.1) is 23.6 Å². The van der Waals surface area contributed by atoms with E-state index in [0.29, 0.717) is 30.0 Å². The van der Waals surface area contributed by atoms with Gasteiger partial charge in [0.1, 0.15) is 5.15 Å². The Kier molecular flexibility index (Phi) is 8.40. The number of carbonyl (C=O) groups excluding carboxylic acids is 4. The van der Waals surface area contributed by atoms with Crippen LogP contribution in [0.25, 0.3) is 0 Å². The molecule has 0 spiro atoms. The molecule has 4 amide bonds. The van der Waals surface area contributed by atoms with Crippen molar-refractivity contribution in [1.82, 2.24) is 30.4 Å². The molecule has 0 saturated heterocycles. The van der Waals surface area contributed by atoms with Crippen molar-refractivity contribution in [2.45, 2.75) is 44.3 Å². The molecule has 3 heterocycles. The van der Waals surface area contributed by atoms with Crippen LogP contribution >= 0.6 is 22.9 Å². The minimum Gasteiger partial charge on any atom is -0.349 e. The lowest BCUT2D eigenvalue weighted by atomic mass is 9.81. The lowest BCUT2D eigenvalue weighted by molar-refractivity contribution is -0.137. The number of nitrogens with one attached hydrogen (secondary N) is 3. The summed E-state index contributed by atoms with van der Waals surface area (Å²) in [6.45, 7) is 1.64. The number of hydrogen-bond donors (Lipinski definition) is 3. The molecule has 37 heavy (non-hydrogen) atoms. The van der Waals surface area contributed by atoms with E-state index in [0.717, 1.165) is 30.1 Å². The number of rotatable bonds is 5. The second-order valence-electron chi connectivity index (χ2n) is 9.60. The van der Waals surface area contributed by atoms with Crippen molar-refractivity contribution in [1.29, 1.82) is 0 Å². The van der Waals surface area contributed by atoms with E-state index in [4.69, 9.17) is 11.6 Å². The molecule has 11 nitrogen and oxygen atoms in total. The molecular formula is C24H30ClN7O4S. The summed E-state index contributed by atoms with van der Waals surface area (Å²) in [5.41, 5.74) is 1.27. The van der Waals surface area contributed by atoms with Crippen LogP contribution in [0, 0.1) is 5.92 Å². The van der Waals surface area contributed by atoms with Gasteiger partial charge in [-0.15, -0.1) is 11.3 Å². The SMILES string of the molecule is CN1CCc2nc(C(=O)N[C@@H]3C[C@@H](C(=O)N(C)C)CC[C@@H]3NC(=O)C(=O)Nc3ccc(Cl)nc3)sc2C1. The molecule has 0 unspecified atom stereocenters. The van der Waals surface area contributed by atoms with E-state index >= 15 is 0 Å². The van der Waals surface area contributed by atoms with Gasteiger partial charge in [-0.2, -0.15) is 0 Å². The summed E-state index contributed by atoms with van der Waals surface area (Å²) in [7, 11) is 5.41. The van der Waals surface area contributed by atoms with Gasteiger partial charge in [-0.3, -0.25) is 19.2 Å². The Bertz CT molecular complexity index is 1190. The fourth-order valence-corrected chi connectivity index (χ4v) is 5.82. The average Bonchev–Trinajstić information content (AvgIpc) is 3.29. The predicted molar refractivity (Wildman–Crippen MR) is 139 cm³/mol. The number of halogens is 1. The van der Waals surface area contributed by atoms with Crippen LogP contribution in [-0.2, 0) is 27.3 Å². The van der Waals surface area contributed by atoms with Crippen molar-refractivity contribution >= 4 is 52.3 Å². The first-order chi connectivity index (χ1) is 17.6. The van der Waals surface area contributed by atoms with Crippen molar-refractivity contribution in [2.24, 2.45) is 5.92 Å². The zero-order chi connectivity index (χ0) is 26.7. The maximum Gasteiger partial charge on any atom is 0.313 e. The zero-order valence-corrected chi connectivity index (χ0v) is 22.5. The molecule has 3 atom stereocenters. The minimum atomic E-state index is -0.864. The third kappa shape index (κ3) is 6.62. The summed E-state index contributed by atoms with van der Waals surface area (Å²) >= 11 is 7.12. The highest BCUT2D eigenvalue weighted by atomic mass is 35.5. The zero-order valence-electron chi connectivity index (χ0n) is 20.9. The largest absolute Gasteiger partial charge is 0.349 e. The standard InChI is InChI=1S/C24H30ClN7O4S/c1-31(2)24(36)13-4-6-15(28-21(34)20(33)27-14-5-7-19(25)26-11-14)17(10-13)29-22(35)23-30-16-8-9-32(3)12-18(16)37-23/h5,7,11,13,15,17H,4,6,8-10,12H2,1-3H3,(H,27,33)(H,28,34)(H,29,35)/t13-,15-,17+/m0/s1. The van der Waals surface area contributed by atoms with Crippen molar-refractivity contribution in [3.63, 3.8) is 0 Å². The molecule has 1 aliphatic heterocycles. The number of carbonyl (C=O) groups is 4. The van der Waals surface area contributed by atoms with E-state index in [1.54, 1.807) is 14.1 Å². The topological polar surface area (TPSA) is 137 Å². The van der Waals surface area contributed by atoms with Crippen LogP contribution in [0.4, 0.5) is 5.69 Å². The first-order valence-electron chi connectivity index (χ1n) is 12.0. The van der Waals surface area contributed by atoms with Gasteiger partial charge in [0.2, 0.25) is 5.91 Å². The monoisotopic (exact) mass is 547 g/mol. The first-order valence-corrected chi connectivity index (χ1v) is 13.2. The Morgan fingerprint density at radius 3 is 2.59 bits per heavy atom.